The molecule has 2 rings (SSSR count). The maximum Gasteiger partial charge on any atom is 0.251 e. The van der Waals surface area contributed by atoms with E-state index in [1.165, 1.54) is 5.56 Å². The van der Waals surface area contributed by atoms with Crippen molar-refractivity contribution in [3.63, 3.8) is 0 Å². The molecule has 1 aromatic carbocycles. The maximum atomic E-state index is 11.8. The van der Waals surface area contributed by atoms with Crippen molar-refractivity contribution in [3.05, 3.63) is 51.1 Å². The Morgan fingerprint density at radius 3 is 2.16 bits per heavy atom. The third-order valence-corrected chi connectivity index (χ3v) is 3.24. The molecule has 2 aromatic rings. The number of H-pyrrole nitrogens is 1. The molecule has 0 aliphatic rings. The summed E-state index contributed by atoms with van der Waals surface area (Å²) >= 11 is 0. The van der Waals surface area contributed by atoms with E-state index < -0.39 is 0 Å². The highest BCUT2D eigenvalue weighted by Crippen LogP contribution is 2.26. The first kappa shape index (κ1) is 13.5. The summed E-state index contributed by atoms with van der Waals surface area (Å²) in [5, 5.41) is 0. The second kappa shape index (κ2) is 5.00. The minimum absolute atomic E-state index is 0.0897. The summed E-state index contributed by atoms with van der Waals surface area (Å²) in [5.41, 5.74) is 5.29. The van der Waals surface area contributed by atoms with E-state index in [-0.39, 0.29) is 11.5 Å². The molecule has 0 spiro atoms. The molecular weight excluding hydrogens is 236 g/mol. The highest BCUT2D eigenvalue weighted by atomic mass is 16.1. The molecule has 0 unspecified atom stereocenters. The van der Waals surface area contributed by atoms with E-state index in [9.17, 15) is 4.79 Å². The second-order valence-corrected chi connectivity index (χ2v) is 5.44. The second-order valence-electron chi connectivity index (χ2n) is 5.44. The van der Waals surface area contributed by atoms with Crippen molar-refractivity contribution in [2.75, 3.05) is 0 Å². The number of hydrogen-bond acceptors (Lipinski definition) is 2. The van der Waals surface area contributed by atoms with Crippen molar-refractivity contribution in [1.29, 1.82) is 0 Å². The van der Waals surface area contributed by atoms with Crippen molar-refractivity contribution in [2.45, 2.75) is 40.5 Å². The van der Waals surface area contributed by atoms with Gasteiger partial charge in [-0.3, -0.25) is 4.79 Å². The maximum absolute atomic E-state index is 11.8. The number of aromatic nitrogens is 2. The van der Waals surface area contributed by atoms with Gasteiger partial charge in [0.15, 0.2) is 0 Å². The molecule has 0 saturated heterocycles. The molecular formula is C16H20N2O. The van der Waals surface area contributed by atoms with Gasteiger partial charge in [-0.1, -0.05) is 31.5 Å². The molecule has 1 N–H and O–H groups in total. The lowest BCUT2D eigenvalue weighted by molar-refractivity contribution is 0.768. The zero-order valence-electron chi connectivity index (χ0n) is 12.2. The number of aryl methyl sites for hydroxylation is 3. The van der Waals surface area contributed by atoms with Crippen molar-refractivity contribution in [2.24, 2.45) is 0 Å². The Morgan fingerprint density at radius 1 is 1.05 bits per heavy atom. The molecule has 1 aromatic heterocycles. The number of benzene rings is 1. The van der Waals surface area contributed by atoms with Gasteiger partial charge in [-0.05, 0) is 31.9 Å². The molecule has 0 saturated carbocycles. The SMILES string of the molecule is Cc1cc(C)c(-c2cc(=O)[nH]c(C(C)C)n2)c(C)c1. The number of aromatic amines is 1. The average Bonchev–Trinajstić information content (AvgIpc) is 2.26. The van der Waals surface area contributed by atoms with Crippen LogP contribution in [0.4, 0.5) is 0 Å². The van der Waals surface area contributed by atoms with Crippen LogP contribution in [0.1, 0.15) is 42.3 Å². The Bertz CT molecular complexity index is 646. The van der Waals surface area contributed by atoms with E-state index in [0.29, 0.717) is 0 Å². The van der Waals surface area contributed by atoms with Gasteiger partial charge in [-0.15, -0.1) is 0 Å². The molecule has 0 atom stereocenters. The number of hydrogen-bond donors (Lipinski definition) is 1. The van der Waals surface area contributed by atoms with Gasteiger partial charge in [-0.25, -0.2) is 4.98 Å². The zero-order chi connectivity index (χ0) is 14.2. The summed E-state index contributed by atoms with van der Waals surface area (Å²) < 4.78 is 0. The lowest BCUT2D eigenvalue weighted by Crippen LogP contribution is -2.12. The van der Waals surface area contributed by atoms with E-state index in [1.54, 1.807) is 6.07 Å². The summed E-state index contributed by atoms with van der Waals surface area (Å²) in [4.78, 5) is 19.2. The minimum Gasteiger partial charge on any atom is -0.310 e. The molecule has 1 heterocycles. The van der Waals surface area contributed by atoms with E-state index in [2.05, 4.69) is 42.9 Å². The molecule has 0 aliphatic heterocycles. The van der Waals surface area contributed by atoms with Crippen LogP contribution in [-0.2, 0) is 0 Å². The summed E-state index contributed by atoms with van der Waals surface area (Å²) in [7, 11) is 0. The quantitative estimate of drug-likeness (QED) is 0.894. The van der Waals surface area contributed by atoms with Gasteiger partial charge in [0.1, 0.15) is 5.82 Å². The Kier molecular flexibility index (Phi) is 3.56. The Balaban J connectivity index is 2.69. The lowest BCUT2D eigenvalue weighted by atomic mass is 9.97. The van der Waals surface area contributed by atoms with E-state index in [1.807, 2.05) is 13.8 Å². The first-order chi connectivity index (χ1) is 8.88. The van der Waals surface area contributed by atoms with Gasteiger partial charge in [-0.2, -0.15) is 0 Å². The van der Waals surface area contributed by atoms with Crippen molar-refractivity contribution in [1.82, 2.24) is 9.97 Å². The Morgan fingerprint density at radius 2 is 1.63 bits per heavy atom. The first-order valence-electron chi connectivity index (χ1n) is 6.58. The van der Waals surface area contributed by atoms with Crippen LogP contribution < -0.4 is 5.56 Å². The highest BCUT2D eigenvalue weighted by Gasteiger charge is 2.11. The fourth-order valence-corrected chi connectivity index (χ4v) is 2.46. The van der Waals surface area contributed by atoms with Gasteiger partial charge >= 0.3 is 0 Å². The minimum atomic E-state index is -0.0897. The fraction of sp³-hybridized carbons (Fsp3) is 0.375. The average molecular weight is 256 g/mol. The number of nitrogens with zero attached hydrogens (tertiary/aromatic N) is 1. The monoisotopic (exact) mass is 256 g/mol. The van der Waals surface area contributed by atoms with E-state index >= 15 is 0 Å². The largest absolute Gasteiger partial charge is 0.310 e. The van der Waals surface area contributed by atoms with Crippen LogP contribution in [0.25, 0.3) is 11.3 Å². The number of nitrogens with one attached hydrogen (secondary N) is 1. The lowest BCUT2D eigenvalue weighted by Gasteiger charge is -2.12. The molecule has 100 valence electrons. The molecule has 0 amide bonds. The molecule has 0 aliphatic carbocycles. The molecule has 0 bridgehead atoms. The summed E-state index contributed by atoms with van der Waals surface area (Å²) in [6, 6.07) is 5.83. The summed E-state index contributed by atoms with van der Waals surface area (Å²) in [5.74, 6) is 0.945. The topological polar surface area (TPSA) is 45.8 Å². The van der Waals surface area contributed by atoms with Crippen molar-refractivity contribution in [3.8, 4) is 11.3 Å². The summed E-state index contributed by atoms with van der Waals surface area (Å²) in [6.45, 7) is 10.3. The van der Waals surface area contributed by atoms with Crippen LogP contribution in [0.5, 0.6) is 0 Å². The first-order valence-corrected chi connectivity index (χ1v) is 6.58. The van der Waals surface area contributed by atoms with Crippen molar-refractivity contribution < 1.29 is 0 Å². The van der Waals surface area contributed by atoms with E-state index in [4.69, 9.17) is 0 Å². The van der Waals surface area contributed by atoms with Crippen LogP contribution in [0.2, 0.25) is 0 Å². The molecule has 3 nitrogen and oxygen atoms in total. The molecule has 19 heavy (non-hydrogen) atoms. The van der Waals surface area contributed by atoms with Crippen LogP contribution in [-0.4, -0.2) is 9.97 Å². The zero-order valence-corrected chi connectivity index (χ0v) is 12.2. The standard InChI is InChI=1S/C16H20N2O/c1-9(2)16-17-13(8-14(19)18-16)15-11(4)6-10(3)7-12(15)5/h6-9H,1-5H3,(H,17,18,19). The highest BCUT2D eigenvalue weighted by molar-refractivity contribution is 5.67. The normalized spacial score (nSPS) is 11.1. The third-order valence-electron chi connectivity index (χ3n) is 3.24. The van der Waals surface area contributed by atoms with Gasteiger partial charge in [0, 0.05) is 17.5 Å². The third kappa shape index (κ3) is 2.75. The predicted molar refractivity (Wildman–Crippen MR) is 78.6 cm³/mol. The smallest absolute Gasteiger partial charge is 0.251 e. The molecule has 3 heteroatoms. The fourth-order valence-electron chi connectivity index (χ4n) is 2.46. The van der Waals surface area contributed by atoms with Crippen molar-refractivity contribution >= 4 is 0 Å². The van der Waals surface area contributed by atoms with Gasteiger partial charge in [0.05, 0.1) is 5.69 Å². The molecule has 0 fully saturated rings. The van der Waals surface area contributed by atoms with E-state index in [0.717, 1.165) is 28.2 Å². The van der Waals surface area contributed by atoms with Crippen LogP contribution in [0.15, 0.2) is 23.0 Å². The number of rotatable bonds is 2. The van der Waals surface area contributed by atoms with Gasteiger partial charge < -0.3 is 4.98 Å². The van der Waals surface area contributed by atoms with Gasteiger partial charge in [0.25, 0.3) is 5.56 Å². The summed E-state index contributed by atoms with van der Waals surface area (Å²) in [6.07, 6.45) is 0. The predicted octanol–water partition coefficient (Wildman–Crippen LogP) is 3.49. The van der Waals surface area contributed by atoms with Crippen LogP contribution >= 0.6 is 0 Å². The molecule has 0 radical (unpaired) electrons. The van der Waals surface area contributed by atoms with Crippen LogP contribution in [0, 0.1) is 20.8 Å². The Labute approximate surface area is 113 Å². The van der Waals surface area contributed by atoms with Gasteiger partial charge in [0.2, 0.25) is 0 Å². The van der Waals surface area contributed by atoms with Crippen LogP contribution in [0.3, 0.4) is 0 Å². The Hall–Kier alpha value is -1.90.